The largest absolute Gasteiger partial charge is 0.396 e. The van der Waals surface area contributed by atoms with Crippen LogP contribution in [0.3, 0.4) is 0 Å². The lowest BCUT2D eigenvalue weighted by molar-refractivity contribution is 0.216. The van der Waals surface area contributed by atoms with E-state index in [1.54, 1.807) is 12.4 Å². The lowest BCUT2D eigenvalue weighted by atomic mass is 10.2. The molecule has 24 heavy (non-hydrogen) atoms. The molecule has 0 spiro atoms. The summed E-state index contributed by atoms with van der Waals surface area (Å²) in [7, 11) is 0. The molecule has 0 bridgehead atoms. The van der Waals surface area contributed by atoms with Crippen LogP contribution in [0, 0.1) is 0 Å². The zero-order valence-electron chi connectivity index (χ0n) is 14.0. The monoisotopic (exact) mass is 339 g/mol. The highest BCUT2D eigenvalue weighted by molar-refractivity contribution is 5.74. The summed E-state index contributed by atoms with van der Waals surface area (Å²) in [5, 5.41) is 14.4. The van der Waals surface area contributed by atoms with Crippen molar-refractivity contribution in [2.75, 3.05) is 19.7 Å². The molecule has 3 atom stereocenters. The van der Waals surface area contributed by atoms with E-state index in [0.717, 1.165) is 12.0 Å². The number of carbonyl (C=O) groups excluding carboxylic acids is 1. The van der Waals surface area contributed by atoms with E-state index in [0.29, 0.717) is 32.5 Å². The topological polar surface area (TPSA) is 90.4 Å². The zero-order chi connectivity index (χ0) is 17.4. The molecule has 1 saturated heterocycles. The van der Waals surface area contributed by atoms with Crippen LogP contribution >= 0.6 is 0 Å². The average Bonchev–Trinajstić information content (AvgIpc) is 2.91. The highest BCUT2D eigenvalue weighted by Gasteiger charge is 2.32. The molecule has 1 aromatic rings. The number of nitrogens with one attached hydrogen (secondary N) is 2. The van der Waals surface area contributed by atoms with E-state index in [-0.39, 0.29) is 24.7 Å². The molecule has 2 rings (SSSR count). The van der Waals surface area contributed by atoms with Crippen LogP contribution in [0.1, 0.15) is 31.7 Å². The van der Waals surface area contributed by atoms with Crippen molar-refractivity contribution in [3.05, 3.63) is 24.3 Å². The van der Waals surface area contributed by atoms with Gasteiger partial charge >= 0.3 is 6.03 Å². The first-order valence-corrected chi connectivity index (χ1v) is 8.35. The van der Waals surface area contributed by atoms with Gasteiger partial charge in [-0.1, -0.05) is 0 Å². The van der Waals surface area contributed by atoms with Crippen LogP contribution in [0.25, 0.3) is 0 Å². The summed E-state index contributed by atoms with van der Waals surface area (Å²) < 4.78 is 13.8. The second-order valence-corrected chi connectivity index (χ2v) is 6.28. The average molecular weight is 339 g/mol. The number of aliphatic hydroxyl groups is 1. The van der Waals surface area contributed by atoms with Gasteiger partial charge in [-0.2, -0.15) is 0 Å². The molecule has 1 aromatic heterocycles. The first kappa shape index (κ1) is 18.5. The van der Waals surface area contributed by atoms with E-state index in [2.05, 4.69) is 20.6 Å². The minimum atomic E-state index is -0.882. The number of hydrogen-bond donors (Lipinski definition) is 3. The number of aliphatic hydroxyl groups excluding tert-OH is 1. The number of hydrogen-bond acceptors (Lipinski definition) is 5. The molecule has 0 radical (unpaired) electrons. The Kier molecular flexibility index (Phi) is 7.33. The number of carbonyl (C=O) groups is 1. The molecular weight excluding hydrogens is 313 g/mol. The van der Waals surface area contributed by atoms with Crippen LogP contribution in [0.2, 0.25) is 0 Å². The van der Waals surface area contributed by atoms with Crippen LogP contribution in [0.4, 0.5) is 9.18 Å². The van der Waals surface area contributed by atoms with Crippen molar-refractivity contribution in [1.82, 2.24) is 25.5 Å². The van der Waals surface area contributed by atoms with Gasteiger partial charge in [-0.05, 0) is 26.2 Å². The Morgan fingerprint density at radius 1 is 1.50 bits per heavy atom. The van der Waals surface area contributed by atoms with E-state index in [1.807, 2.05) is 11.8 Å². The highest BCUT2D eigenvalue weighted by Crippen LogP contribution is 2.21. The van der Waals surface area contributed by atoms with Crippen molar-refractivity contribution in [2.45, 2.75) is 51.0 Å². The SMILES string of the molecule is CC(CCCO)NC(=O)NC[C@@H]1C[C@H](F)CN1Cc1cncnc1. The summed E-state index contributed by atoms with van der Waals surface area (Å²) >= 11 is 0. The summed E-state index contributed by atoms with van der Waals surface area (Å²) in [6.07, 6.45) is 5.81. The molecule has 1 aliphatic rings. The summed E-state index contributed by atoms with van der Waals surface area (Å²) in [4.78, 5) is 21.9. The maximum Gasteiger partial charge on any atom is 0.315 e. The minimum Gasteiger partial charge on any atom is -0.396 e. The third-order valence-electron chi connectivity index (χ3n) is 4.15. The van der Waals surface area contributed by atoms with E-state index in [4.69, 9.17) is 5.11 Å². The van der Waals surface area contributed by atoms with Crippen LogP contribution in [-0.2, 0) is 6.54 Å². The molecular formula is C16H26FN5O2. The summed E-state index contributed by atoms with van der Waals surface area (Å²) in [5.74, 6) is 0. The summed E-state index contributed by atoms with van der Waals surface area (Å²) in [6, 6.07) is -0.309. The highest BCUT2D eigenvalue weighted by atomic mass is 19.1. The molecule has 0 aliphatic carbocycles. The van der Waals surface area contributed by atoms with Crippen LogP contribution < -0.4 is 10.6 Å². The molecule has 2 amide bonds. The van der Waals surface area contributed by atoms with Gasteiger partial charge in [-0.25, -0.2) is 19.2 Å². The second-order valence-electron chi connectivity index (χ2n) is 6.28. The predicted molar refractivity (Wildman–Crippen MR) is 88.1 cm³/mol. The van der Waals surface area contributed by atoms with Gasteiger partial charge in [0.05, 0.1) is 0 Å². The normalized spacial score (nSPS) is 22.3. The standard InChI is InChI=1S/C16H26FN5O2/c1-12(3-2-4-23)21-16(24)20-8-15-5-14(17)10-22(15)9-13-6-18-11-19-7-13/h6-7,11-12,14-15,23H,2-5,8-10H2,1H3,(H2,20,21,24)/t12?,14-,15-/m0/s1. The first-order valence-electron chi connectivity index (χ1n) is 8.35. The van der Waals surface area contributed by atoms with Crippen LogP contribution in [0.15, 0.2) is 18.7 Å². The van der Waals surface area contributed by atoms with Crippen molar-refractivity contribution in [1.29, 1.82) is 0 Å². The fourth-order valence-corrected chi connectivity index (χ4v) is 2.93. The molecule has 1 fully saturated rings. The van der Waals surface area contributed by atoms with Crippen LogP contribution in [0.5, 0.6) is 0 Å². The lowest BCUT2D eigenvalue weighted by Crippen LogP contribution is -2.46. The Labute approximate surface area is 141 Å². The maximum atomic E-state index is 13.8. The minimum absolute atomic E-state index is 0.00720. The van der Waals surface area contributed by atoms with Gasteiger partial charge in [0.15, 0.2) is 0 Å². The number of amides is 2. The van der Waals surface area contributed by atoms with Gasteiger partial charge in [-0.3, -0.25) is 4.90 Å². The molecule has 8 heteroatoms. The Balaban J connectivity index is 1.78. The Morgan fingerprint density at radius 2 is 2.25 bits per heavy atom. The smallest absolute Gasteiger partial charge is 0.315 e. The van der Waals surface area contributed by atoms with Crippen molar-refractivity contribution >= 4 is 6.03 Å². The molecule has 1 aliphatic heterocycles. The van der Waals surface area contributed by atoms with Gasteiger partial charge in [0.25, 0.3) is 0 Å². The summed E-state index contributed by atoms with van der Waals surface area (Å²) in [6.45, 7) is 3.33. The van der Waals surface area contributed by atoms with Gasteiger partial charge in [0.1, 0.15) is 12.5 Å². The van der Waals surface area contributed by atoms with Gasteiger partial charge in [0, 0.05) is 56.3 Å². The van der Waals surface area contributed by atoms with E-state index < -0.39 is 6.17 Å². The van der Waals surface area contributed by atoms with Crippen molar-refractivity contribution in [3.63, 3.8) is 0 Å². The second kappa shape index (κ2) is 9.48. The third-order valence-corrected chi connectivity index (χ3v) is 4.15. The fraction of sp³-hybridized carbons (Fsp3) is 0.688. The number of alkyl halides is 1. The number of nitrogens with zero attached hydrogens (tertiary/aromatic N) is 3. The van der Waals surface area contributed by atoms with Gasteiger partial charge < -0.3 is 15.7 Å². The Bertz CT molecular complexity index is 505. The third kappa shape index (κ3) is 6.01. The molecule has 0 saturated carbocycles. The number of aromatic nitrogens is 2. The fourth-order valence-electron chi connectivity index (χ4n) is 2.93. The molecule has 1 unspecified atom stereocenters. The zero-order valence-corrected chi connectivity index (χ0v) is 14.0. The molecule has 0 aromatic carbocycles. The van der Waals surface area contributed by atoms with Crippen LogP contribution in [-0.4, -0.2) is 64.0 Å². The maximum absolute atomic E-state index is 13.8. The molecule has 3 N–H and O–H groups in total. The van der Waals surface area contributed by atoms with E-state index in [9.17, 15) is 9.18 Å². The van der Waals surface area contributed by atoms with Crippen molar-refractivity contribution in [3.8, 4) is 0 Å². The first-order chi connectivity index (χ1) is 11.6. The molecule has 7 nitrogen and oxygen atoms in total. The number of halogens is 1. The quantitative estimate of drug-likeness (QED) is 0.653. The lowest BCUT2D eigenvalue weighted by Gasteiger charge is -2.24. The van der Waals surface area contributed by atoms with Crippen molar-refractivity contribution in [2.24, 2.45) is 0 Å². The number of likely N-dealkylation sites (tertiary alicyclic amines) is 1. The van der Waals surface area contributed by atoms with Gasteiger partial charge in [-0.15, -0.1) is 0 Å². The van der Waals surface area contributed by atoms with E-state index >= 15 is 0 Å². The van der Waals surface area contributed by atoms with Gasteiger partial charge in [0.2, 0.25) is 0 Å². The molecule has 2 heterocycles. The molecule has 134 valence electrons. The number of rotatable bonds is 8. The van der Waals surface area contributed by atoms with Crippen molar-refractivity contribution < 1.29 is 14.3 Å². The number of urea groups is 1. The predicted octanol–water partition coefficient (Wildman–Crippen LogP) is 0.849. The Morgan fingerprint density at radius 3 is 2.96 bits per heavy atom. The van der Waals surface area contributed by atoms with E-state index in [1.165, 1.54) is 6.33 Å². The Hall–Kier alpha value is -1.80. The summed E-state index contributed by atoms with van der Waals surface area (Å²) in [5.41, 5.74) is 0.929.